The van der Waals surface area contributed by atoms with Crippen molar-refractivity contribution >= 4 is 23.1 Å². The van der Waals surface area contributed by atoms with Crippen LogP contribution in [0.5, 0.6) is 5.75 Å². The van der Waals surface area contributed by atoms with Gasteiger partial charge in [0.1, 0.15) is 5.75 Å². The first-order chi connectivity index (χ1) is 13.3. The van der Waals surface area contributed by atoms with Crippen LogP contribution in [0.25, 0.3) is 34.4 Å². The Morgan fingerprint density at radius 3 is 2.56 bits per heavy atom. The van der Waals surface area contributed by atoms with E-state index in [0.717, 1.165) is 45.5 Å². The van der Waals surface area contributed by atoms with Crippen LogP contribution in [-0.2, 0) is 0 Å². The molecule has 0 fully saturated rings. The normalized spacial score (nSPS) is 13.0. The van der Waals surface area contributed by atoms with Gasteiger partial charge in [0.05, 0.1) is 24.2 Å². The molecule has 0 atom stereocenters. The molecular weight excluding hydrogens is 334 g/mol. The molecule has 138 valence electrons. The fraction of sp³-hybridized carbons (Fsp3) is 0.217. The first kappa shape index (κ1) is 17.3. The summed E-state index contributed by atoms with van der Waals surface area (Å²) in [7, 11) is 1.70. The van der Waals surface area contributed by atoms with E-state index >= 15 is 0 Å². The lowest BCUT2D eigenvalue weighted by molar-refractivity contribution is 0.414. The number of aromatic nitrogens is 3. The fourth-order valence-corrected chi connectivity index (χ4v) is 3.34. The third kappa shape index (κ3) is 3.70. The Bertz CT molecular complexity index is 1130. The van der Waals surface area contributed by atoms with Crippen molar-refractivity contribution in [2.75, 3.05) is 7.11 Å². The minimum atomic E-state index is 0.828. The minimum Gasteiger partial charge on any atom is -0.494 e. The number of unbranched alkanes of at least 4 members (excludes halogenated alkanes) is 2. The Kier molecular flexibility index (Phi) is 4.88. The smallest absolute Gasteiger partial charge is 0.144 e. The quantitative estimate of drug-likeness (QED) is 0.442. The van der Waals surface area contributed by atoms with Crippen LogP contribution in [0.2, 0.25) is 0 Å². The molecule has 0 aliphatic rings. The van der Waals surface area contributed by atoms with Crippen molar-refractivity contribution in [3.63, 3.8) is 0 Å². The van der Waals surface area contributed by atoms with E-state index in [2.05, 4.69) is 70.4 Å². The molecule has 27 heavy (non-hydrogen) atoms. The molecule has 4 nitrogen and oxygen atoms in total. The van der Waals surface area contributed by atoms with Gasteiger partial charge in [-0.2, -0.15) is 0 Å². The highest BCUT2D eigenvalue weighted by atomic mass is 16.5. The second-order valence-electron chi connectivity index (χ2n) is 6.80. The molecule has 0 bridgehead atoms. The monoisotopic (exact) mass is 359 g/mol. The fourth-order valence-electron chi connectivity index (χ4n) is 3.34. The molecule has 0 aliphatic carbocycles. The van der Waals surface area contributed by atoms with Gasteiger partial charge < -0.3 is 19.7 Å². The lowest BCUT2D eigenvalue weighted by Gasteiger charge is -1.95. The van der Waals surface area contributed by atoms with Crippen molar-refractivity contribution in [2.45, 2.75) is 26.2 Å². The highest BCUT2D eigenvalue weighted by Crippen LogP contribution is 2.29. The number of nitrogens with one attached hydrogen (secondary N) is 3. The predicted molar refractivity (Wildman–Crippen MR) is 112 cm³/mol. The summed E-state index contributed by atoms with van der Waals surface area (Å²) in [5.74, 6) is 0.828. The molecule has 4 aromatic rings. The second kappa shape index (κ2) is 7.62. The first-order valence-corrected chi connectivity index (χ1v) is 9.49. The summed E-state index contributed by atoms with van der Waals surface area (Å²) in [6.45, 7) is 2.21. The van der Waals surface area contributed by atoms with Crippen molar-refractivity contribution in [3.05, 3.63) is 64.9 Å². The summed E-state index contributed by atoms with van der Waals surface area (Å²) in [4.78, 5) is 10.4. The van der Waals surface area contributed by atoms with Crippen LogP contribution in [0.3, 0.4) is 0 Å². The van der Waals surface area contributed by atoms with Crippen molar-refractivity contribution in [1.82, 2.24) is 15.0 Å². The van der Waals surface area contributed by atoms with Crippen LogP contribution in [0.1, 0.15) is 31.9 Å². The summed E-state index contributed by atoms with van der Waals surface area (Å²) in [6.07, 6.45) is 7.88. The first-order valence-electron chi connectivity index (χ1n) is 9.49. The lowest BCUT2D eigenvalue weighted by Crippen LogP contribution is -2.09. The molecule has 3 aromatic heterocycles. The Hall–Kier alpha value is -3.14. The number of hydrogen-bond donors (Lipinski definition) is 3. The molecule has 4 heteroatoms. The number of fused-ring (bicyclic) bond motifs is 1. The molecule has 4 rings (SSSR count). The largest absolute Gasteiger partial charge is 0.494 e. The van der Waals surface area contributed by atoms with E-state index in [1.54, 1.807) is 7.11 Å². The molecule has 0 amide bonds. The maximum Gasteiger partial charge on any atom is 0.144 e. The van der Waals surface area contributed by atoms with Crippen molar-refractivity contribution in [2.24, 2.45) is 0 Å². The third-order valence-electron chi connectivity index (χ3n) is 4.80. The van der Waals surface area contributed by atoms with E-state index in [0.29, 0.717) is 0 Å². The number of aromatic amines is 3. The zero-order chi connectivity index (χ0) is 18.6. The number of benzene rings is 1. The summed E-state index contributed by atoms with van der Waals surface area (Å²) in [5, 5.41) is 3.42. The van der Waals surface area contributed by atoms with Gasteiger partial charge in [-0.25, -0.2) is 0 Å². The molecule has 3 N–H and O–H groups in total. The molecule has 0 unspecified atom stereocenters. The molecule has 0 saturated carbocycles. The van der Waals surface area contributed by atoms with Crippen LogP contribution < -0.4 is 15.4 Å². The Balaban J connectivity index is 1.68. The van der Waals surface area contributed by atoms with Gasteiger partial charge in [0.25, 0.3) is 0 Å². The molecular formula is C23H25N3O. The van der Waals surface area contributed by atoms with Crippen LogP contribution >= 0.6 is 0 Å². The van der Waals surface area contributed by atoms with Crippen LogP contribution in [0, 0.1) is 0 Å². The predicted octanol–water partition coefficient (Wildman–Crippen LogP) is 4.30. The van der Waals surface area contributed by atoms with Crippen LogP contribution in [-0.4, -0.2) is 22.1 Å². The summed E-state index contributed by atoms with van der Waals surface area (Å²) < 4.78 is 5.58. The minimum absolute atomic E-state index is 0.828. The summed E-state index contributed by atoms with van der Waals surface area (Å²) >= 11 is 0. The molecule has 0 aliphatic heterocycles. The van der Waals surface area contributed by atoms with E-state index in [9.17, 15) is 0 Å². The van der Waals surface area contributed by atoms with Gasteiger partial charge in [0.2, 0.25) is 0 Å². The van der Waals surface area contributed by atoms with Gasteiger partial charge in [0.15, 0.2) is 0 Å². The molecule has 0 saturated heterocycles. The van der Waals surface area contributed by atoms with E-state index in [1.165, 1.54) is 18.2 Å². The second-order valence-corrected chi connectivity index (χ2v) is 6.80. The molecule has 0 radical (unpaired) electrons. The highest BCUT2D eigenvalue weighted by molar-refractivity contribution is 5.85. The van der Waals surface area contributed by atoms with Gasteiger partial charge in [0, 0.05) is 27.7 Å². The Labute approximate surface area is 158 Å². The summed E-state index contributed by atoms with van der Waals surface area (Å²) in [6, 6.07) is 16.7. The average molecular weight is 359 g/mol. The molecule has 3 heterocycles. The number of ether oxygens (including phenoxy) is 1. The van der Waals surface area contributed by atoms with Gasteiger partial charge >= 0.3 is 0 Å². The van der Waals surface area contributed by atoms with Gasteiger partial charge in [-0.15, -0.1) is 0 Å². The number of rotatable bonds is 6. The van der Waals surface area contributed by atoms with Gasteiger partial charge in [-0.1, -0.05) is 37.6 Å². The third-order valence-corrected chi connectivity index (χ3v) is 4.80. The Morgan fingerprint density at radius 2 is 1.74 bits per heavy atom. The lowest BCUT2D eigenvalue weighted by atomic mass is 10.2. The maximum atomic E-state index is 5.58. The maximum absolute atomic E-state index is 5.58. The number of para-hydroxylation sites is 1. The number of methoxy groups -OCH3 is 1. The highest BCUT2D eigenvalue weighted by Gasteiger charge is 2.10. The van der Waals surface area contributed by atoms with Gasteiger partial charge in [-0.3, -0.25) is 0 Å². The number of hydrogen-bond acceptors (Lipinski definition) is 1. The van der Waals surface area contributed by atoms with E-state index in [4.69, 9.17) is 4.74 Å². The number of H-pyrrole nitrogens is 3. The van der Waals surface area contributed by atoms with Crippen LogP contribution in [0.4, 0.5) is 0 Å². The van der Waals surface area contributed by atoms with E-state index < -0.39 is 0 Å². The van der Waals surface area contributed by atoms with Gasteiger partial charge in [-0.05, 0) is 43.2 Å². The zero-order valence-corrected chi connectivity index (χ0v) is 15.8. The zero-order valence-electron chi connectivity index (χ0n) is 15.8. The van der Waals surface area contributed by atoms with Crippen molar-refractivity contribution in [1.29, 1.82) is 0 Å². The molecule has 1 aromatic carbocycles. The van der Waals surface area contributed by atoms with Crippen molar-refractivity contribution < 1.29 is 4.74 Å². The van der Waals surface area contributed by atoms with Crippen LogP contribution in [0.15, 0.2) is 48.5 Å². The summed E-state index contributed by atoms with van der Waals surface area (Å²) in [5.41, 5.74) is 4.14. The van der Waals surface area contributed by atoms with Crippen molar-refractivity contribution in [3.8, 4) is 17.1 Å². The average Bonchev–Trinajstić information content (AvgIpc) is 3.40. The molecule has 0 spiro atoms. The SMILES string of the molecule is CCCCC=c1ccc(=Cc2[nH]c(-c3cc4ccccc4[nH]3)cc2OC)[nH]1. The standard InChI is InChI=1S/C23H25N3O/c1-3-4-5-9-17-11-12-18(24-17)14-22-23(27-2)15-21(26-22)20-13-16-8-6-7-10-19(16)25-20/h6-15,24-26H,3-5H2,1-2H3. The Morgan fingerprint density at radius 1 is 0.926 bits per heavy atom. The van der Waals surface area contributed by atoms with E-state index in [1.807, 2.05) is 12.1 Å². The topological polar surface area (TPSA) is 56.6 Å². The van der Waals surface area contributed by atoms with E-state index in [-0.39, 0.29) is 0 Å².